The summed E-state index contributed by atoms with van der Waals surface area (Å²) in [7, 11) is 0. The van der Waals surface area contributed by atoms with E-state index in [0.29, 0.717) is 24.3 Å². The van der Waals surface area contributed by atoms with Gasteiger partial charge in [-0.05, 0) is 56.4 Å². The SMILES string of the molecule is Fc1cccc([C@@H]2C[C@H]2NCC2CCNCC2)c1OCc1ccccc1. The molecule has 0 bridgehead atoms. The predicted molar refractivity (Wildman–Crippen MR) is 102 cm³/mol. The number of benzene rings is 2. The van der Waals surface area contributed by atoms with Gasteiger partial charge in [0.1, 0.15) is 6.61 Å². The predicted octanol–water partition coefficient (Wildman–Crippen LogP) is 3.85. The summed E-state index contributed by atoms with van der Waals surface area (Å²) in [6, 6.07) is 15.7. The Morgan fingerprint density at radius 3 is 2.65 bits per heavy atom. The van der Waals surface area contributed by atoms with Crippen molar-refractivity contribution < 1.29 is 9.13 Å². The first-order valence-electron chi connectivity index (χ1n) is 9.70. The summed E-state index contributed by atoms with van der Waals surface area (Å²) in [6.45, 7) is 3.72. The topological polar surface area (TPSA) is 33.3 Å². The van der Waals surface area contributed by atoms with Gasteiger partial charge in [-0.2, -0.15) is 0 Å². The van der Waals surface area contributed by atoms with Crippen LogP contribution in [0, 0.1) is 11.7 Å². The van der Waals surface area contributed by atoms with E-state index < -0.39 is 0 Å². The molecule has 0 radical (unpaired) electrons. The molecule has 1 aliphatic heterocycles. The zero-order chi connectivity index (χ0) is 17.8. The molecule has 2 fully saturated rings. The number of hydrogen-bond acceptors (Lipinski definition) is 3. The van der Waals surface area contributed by atoms with Crippen LogP contribution in [-0.2, 0) is 6.61 Å². The fourth-order valence-corrected chi connectivity index (χ4v) is 3.87. The van der Waals surface area contributed by atoms with Crippen molar-refractivity contribution in [1.82, 2.24) is 10.6 Å². The first-order chi connectivity index (χ1) is 12.8. The molecule has 4 heteroatoms. The first-order valence-corrected chi connectivity index (χ1v) is 9.70. The largest absolute Gasteiger partial charge is 0.486 e. The second-order valence-corrected chi connectivity index (χ2v) is 7.48. The molecule has 0 spiro atoms. The highest BCUT2D eigenvalue weighted by atomic mass is 19.1. The van der Waals surface area contributed by atoms with Gasteiger partial charge in [0.25, 0.3) is 0 Å². The minimum absolute atomic E-state index is 0.262. The molecule has 2 aromatic carbocycles. The fraction of sp³-hybridized carbons (Fsp3) is 0.455. The van der Waals surface area contributed by atoms with Gasteiger partial charge in [-0.1, -0.05) is 42.5 Å². The van der Waals surface area contributed by atoms with Crippen molar-refractivity contribution >= 4 is 0 Å². The molecule has 0 amide bonds. The van der Waals surface area contributed by atoms with Gasteiger partial charge in [0.2, 0.25) is 0 Å². The quantitative estimate of drug-likeness (QED) is 0.792. The van der Waals surface area contributed by atoms with Gasteiger partial charge < -0.3 is 15.4 Å². The van der Waals surface area contributed by atoms with Gasteiger partial charge >= 0.3 is 0 Å². The minimum Gasteiger partial charge on any atom is -0.486 e. The highest BCUT2D eigenvalue weighted by Gasteiger charge is 2.40. The number of hydrogen-bond donors (Lipinski definition) is 2. The molecule has 2 aromatic rings. The molecule has 4 rings (SSSR count). The van der Waals surface area contributed by atoms with E-state index in [0.717, 1.165) is 43.1 Å². The number of para-hydroxylation sites is 1. The van der Waals surface area contributed by atoms with Crippen LogP contribution >= 0.6 is 0 Å². The Labute approximate surface area is 155 Å². The van der Waals surface area contributed by atoms with Crippen molar-refractivity contribution in [3.8, 4) is 5.75 Å². The van der Waals surface area contributed by atoms with E-state index in [1.165, 1.54) is 18.9 Å². The lowest BCUT2D eigenvalue weighted by Gasteiger charge is -2.23. The molecular weight excluding hydrogens is 327 g/mol. The molecule has 2 N–H and O–H groups in total. The smallest absolute Gasteiger partial charge is 0.165 e. The number of ether oxygens (including phenoxy) is 1. The van der Waals surface area contributed by atoms with E-state index in [4.69, 9.17) is 4.74 Å². The van der Waals surface area contributed by atoms with E-state index in [1.54, 1.807) is 6.07 Å². The minimum atomic E-state index is -0.262. The Bertz CT molecular complexity index is 715. The molecule has 26 heavy (non-hydrogen) atoms. The Morgan fingerprint density at radius 1 is 1.04 bits per heavy atom. The molecule has 2 atom stereocenters. The van der Waals surface area contributed by atoms with Crippen LogP contribution in [-0.4, -0.2) is 25.7 Å². The number of halogens is 1. The molecule has 138 valence electrons. The van der Waals surface area contributed by atoms with Crippen molar-refractivity contribution in [2.24, 2.45) is 5.92 Å². The van der Waals surface area contributed by atoms with Crippen LogP contribution in [0.3, 0.4) is 0 Å². The normalized spacial score (nSPS) is 23.0. The van der Waals surface area contributed by atoms with Crippen LogP contribution < -0.4 is 15.4 Å². The monoisotopic (exact) mass is 354 g/mol. The summed E-state index contributed by atoms with van der Waals surface area (Å²) in [5, 5.41) is 7.10. The molecular formula is C22H27FN2O. The molecule has 1 saturated heterocycles. The van der Waals surface area contributed by atoms with Gasteiger partial charge in [-0.3, -0.25) is 0 Å². The van der Waals surface area contributed by atoms with Crippen LogP contribution in [0.1, 0.15) is 36.3 Å². The Morgan fingerprint density at radius 2 is 1.85 bits per heavy atom. The summed E-state index contributed by atoms with van der Waals surface area (Å²) >= 11 is 0. The average Bonchev–Trinajstić information content (AvgIpc) is 3.46. The molecule has 1 aliphatic carbocycles. The Kier molecular flexibility index (Phi) is 5.51. The summed E-state index contributed by atoms with van der Waals surface area (Å²) < 4.78 is 20.3. The molecule has 0 unspecified atom stereocenters. The fourth-order valence-electron chi connectivity index (χ4n) is 3.87. The third-order valence-corrected chi connectivity index (χ3v) is 5.54. The lowest BCUT2D eigenvalue weighted by Crippen LogP contribution is -2.34. The van der Waals surface area contributed by atoms with E-state index in [-0.39, 0.29) is 5.82 Å². The van der Waals surface area contributed by atoms with Crippen molar-refractivity contribution in [2.45, 2.75) is 37.8 Å². The zero-order valence-electron chi connectivity index (χ0n) is 15.1. The third kappa shape index (κ3) is 4.25. The van der Waals surface area contributed by atoms with Crippen molar-refractivity contribution in [3.63, 3.8) is 0 Å². The number of nitrogens with one attached hydrogen (secondary N) is 2. The molecule has 1 saturated carbocycles. The first kappa shape index (κ1) is 17.5. The lowest BCUT2D eigenvalue weighted by atomic mass is 9.98. The van der Waals surface area contributed by atoms with Gasteiger partial charge in [-0.15, -0.1) is 0 Å². The Balaban J connectivity index is 1.37. The highest BCUT2D eigenvalue weighted by molar-refractivity contribution is 5.42. The number of piperidine rings is 1. The van der Waals surface area contributed by atoms with E-state index in [9.17, 15) is 4.39 Å². The second-order valence-electron chi connectivity index (χ2n) is 7.48. The van der Waals surface area contributed by atoms with Crippen LogP contribution in [0.25, 0.3) is 0 Å². The van der Waals surface area contributed by atoms with Crippen molar-refractivity contribution in [3.05, 3.63) is 65.5 Å². The summed E-state index contributed by atoms with van der Waals surface area (Å²) in [5.74, 6) is 1.28. The zero-order valence-corrected chi connectivity index (χ0v) is 15.1. The maximum absolute atomic E-state index is 14.4. The molecule has 0 aromatic heterocycles. The average molecular weight is 354 g/mol. The molecule has 2 aliphatic rings. The number of rotatable bonds is 7. The Hall–Kier alpha value is -1.91. The van der Waals surface area contributed by atoms with Crippen LogP contribution in [0.2, 0.25) is 0 Å². The lowest BCUT2D eigenvalue weighted by molar-refractivity contribution is 0.286. The second kappa shape index (κ2) is 8.19. The summed E-state index contributed by atoms with van der Waals surface area (Å²) in [6.07, 6.45) is 3.56. The van der Waals surface area contributed by atoms with Crippen LogP contribution in [0.4, 0.5) is 4.39 Å². The summed E-state index contributed by atoms with van der Waals surface area (Å²) in [4.78, 5) is 0. The maximum Gasteiger partial charge on any atom is 0.165 e. The summed E-state index contributed by atoms with van der Waals surface area (Å²) in [5.41, 5.74) is 2.06. The molecule has 3 nitrogen and oxygen atoms in total. The van der Waals surface area contributed by atoms with Gasteiger partial charge in [-0.25, -0.2) is 4.39 Å². The van der Waals surface area contributed by atoms with Gasteiger partial charge in [0.15, 0.2) is 11.6 Å². The van der Waals surface area contributed by atoms with Crippen LogP contribution in [0.15, 0.2) is 48.5 Å². The van der Waals surface area contributed by atoms with E-state index >= 15 is 0 Å². The van der Waals surface area contributed by atoms with E-state index in [1.807, 2.05) is 36.4 Å². The third-order valence-electron chi connectivity index (χ3n) is 5.54. The van der Waals surface area contributed by atoms with Crippen LogP contribution in [0.5, 0.6) is 5.75 Å². The van der Waals surface area contributed by atoms with Crippen molar-refractivity contribution in [1.29, 1.82) is 0 Å². The van der Waals surface area contributed by atoms with Gasteiger partial charge in [0.05, 0.1) is 0 Å². The van der Waals surface area contributed by atoms with E-state index in [2.05, 4.69) is 10.6 Å². The van der Waals surface area contributed by atoms with Crippen molar-refractivity contribution in [2.75, 3.05) is 19.6 Å². The standard InChI is InChI=1S/C22H27FN2O/c23-20-8-4-7-18(22(20)26-15-17-5-2-1-3-6-17)19-13-21(19)25-14-16-9-11-24-12-10-16/h1-8,16,19,21,24-25H,9-15H2/t19-,21+/m0/s1. The highest BCUT2D eigenvalue weighted by Crippen LogP contribution is 2.45. The van der Waals surface area contributed by atoms with Gasteiger partial charge in [0, 0.05) is 17.5 Å². The molecule has 1 heterocycles. The maximum atomic E-state index is 14.4.